The topological polar surface area (TPSA) is 47.6 Å². The zero-order valence-electron chi connectivity index (χ0n) is 11.8. The highest BCUT2D eigenvalue weighted by atomic mass is 19.4. The number of carbonyl (C=O) groups is 1. The van der Waals surface area contributed by atoms with E-state index < -0.39 is 17.6 Å². The summed E-state index contributed by atoms with van der Waals surface area (Å²) in [6.45, 7) is 0.0604. The number of nitrogens with one attached hydrogen (secondary N) is 1. The molecule has 0 bridgehead atoms. The van der Waals surface area contributed by atoms with Crippen LogP contribution in [0.25, 0.3) is 0 Å². The fourth-order valence-corrected chi connectivity index (χ4v) is 2.34. The van der Waals surface area contributed by atoms with Crippen LogP contribution in [0, 0.1) is 0 Å². The van der Waals surface area contributed by atoms with E-state index in [9.17, 15) is 18.0 Å². The molecule has 1 heterocycles. The summed E-state index contributed by atoms with van der Waals surface area (Å²) in [7, 11) is 0. The van der Waals surface area contributed by atoms with E-state index in [0.717, 1.165) is 6.07 Å². The maximum Gasteiger partial charge on any atom is 0.418 e. The molecular formula is C16H12F3NO3. The predicted octanol–water partition coefficient (Wildman–Crippen LogP) is 3.62. The first-order valence-corrected chi connectivity index (χ1v) is 6.79. The second-order valence-corrected chi connectivity index (χ2v) is 4.92. The van der Waals surface area contributed by atoms with Crippen molar-refractivity contribution in [3.05, 3.63) is 53.6 Å². The number of rotatable bonds is 3. The van der Waals surface area contributed by atoms with Crippen LogP contribution in [0.5, 0.6) is 11.5 Å². The highest BCUT2D eigenvalue weighted by Crippen LogP contribution is 2.36. The van der Waals surface area contributed by atoms with Crippen molar-refractivity contribution in [2.45, 2.75) is 12.6 Å². The molecule has 1 N–H and O–H groups in total. The van der Waals surface area contributed by atoms with Gasteiger partial charge < -0.3 is 14.8 Å². The fraction of sp³-hybridized carbons (Fsp3) is 0.188. The Bertz CT molecular complexity index is 744. The molecule has 0 unspecified atom stereocenters. The third-order valence-corrected chi connectivity index (χ3v) is 3.34. The van der Waals surface area contributed by atoms with Gasteiger partial charge in [-0.2, -0.15) is 13.2 Å². The Labute approximate surface area is 129 Å². The zero-order chi connectivity index (χ0) is 16.4. The van der Waals surface area contributed by atoms with Crippen LogP contribution >= 0.6 is 0 Å². The maximum atomic E-state index is 12.9. The van der Waals surface area contributed by atoms with Crippen molar-refractivity contribution in [2.24, 2.45) is 0 Å². The lowest BCUT2D eigenvalue weighted by atomic mass is 10.1. The molecule has 7 heteroatoms. The van der Waals surface area contributed by atoms with Gasteiger partial charge in [0.25, 0.3) is 0 Å². The molecule has 0 fully saturated rings. The van der Waals surface area contributed by atoms with Crippen LogP contribution in [-0.2, 0) is 17.4 Å². The number of fused-ring (bicyclic) bond motifs is 1. The highest BCUT2D eigenvalue weighted by molar-refractivity contribution is 5.93. The quantitative estimate of drug-likeness (QED) is 0.938. The van der Waals surface area contributed by atoms with Crippen molar-refractivity contribution in [2.75, 3.05) is 12.1 Å². The molecule has 0 aliphatic carbocycles. The van der Waals surface area contributed by atoms with Crippen molar-refractivity contribution in [1.29, 1.82) is 0 Å². The van der Waals surface area contributed by atoms with Crippen LogP contribution in [0.2, 0.25) is 0 Å². The first kappa shape index (κ1) is 15.2. The van der Waals surface area contributed by atoms with Crippen molar-refractivity contribution in [1.82, 2.24) is 0 Å². The first-order valence-electron chi connectivity index (χ1n) is 6.79. The average Bonchev–Trinajstić information content (AvgIpc) is 2.96. The van der Waals surface area contributed by atoms with Crippen LogP contribution in [0.4, 0.5) is 18.9 Å². The summed E-state index contributed by atoms with van der Waals surface area (Å²) in [5.74, 6) is 0.406. The Morgan fingerprint density at radius 1 is 1.09 bits per heavy atom. The van der Waals surface area contributed by atoms with E-state index in [2.05, 4.69) is 5.32 Å². The number of alkyl halides is 3. The van der Waals surface area contributed by atoms with E-state index in [1.807, 2.05) is 0 Å². The maximum absolute atomic E-state index is 12.9. The van der Waals surface area contributed by atoms with Crippen LogP contribution in [0.3, 0.4) is 0 Å². The number of hydrogen-bond acceptors (Lipinski definition) is 3. The summed E-state index contributed by atoms with van der Waals surface area (Å²) >= 11 is 0. The van der Waals surface area contributed by atoms with Gasteiger partial charge in [0.1, 0.15) is 0 Å². The summed E-state index contributed by atoms with van der Waals surface area (Å²) in [6, 6.07) is 9.91. The average molecular weight is 323 g/mol. The Morgan fingerprint density at radius 2 is 1.87 bits per heavy atom. The smallest absolute Gasteiger partial charge is 0.418 e. The molecule has 1 amide bonds. The fourth-order valence-electron chi connectivity index (χ4n) is 2.34. The Morgan fingerprint density at radius 3 is 2.65 bits per heavy atom. The first-order chi connectivity index (χ1) is 10.9. The van der Waals surface area contributed by atoms with Crippen LogP contribution in [0.1, 0.15) is 11.1 Å². The Balaban J connectivity index is 1.78. The van der Waals surface area contributed by atoms with Gasteiger partial charge in [-0.15, -0.1) is 0 Å². The number of halogens is 3. The van der Waals surface area contributed by atoms with Gasteiger partial charge in [0.15, 0.2) is 11.5 Å². The molecule has 0 spiro atoms. The van der Waals surface area contributed by atoms with Crippen LogP contribution < -0.4 is 14.8 Å². The summed E-state index contributed by atoms with van der Waals surface area (Å²) in [4.78, 5) is 12.1. The molecule has 0 saturated heterocycles. The second kappa shape index (κ2) is 5.83. The number of amides is 1. The van der Waals surface area contributed by atoms with Gasteiger partial charge in [-0.25, -0.2) is 0 Å². The van der Waals surface area contributed by atoms with Crippen molar-refractivity contribution in [3.8, 4) is 11.5 Å². The lowest BCUT2D eigenvalue weighted by molar-refractivity contribution is -0.137. The number of benzene rings is 2. The number of para-hydroxylation sites is 2. The molecule has 3 rings (SSSR count). The third kappa shape index (κ3) is 3.23. The molecule has 0 atom stereocenters. The largest absolute Gasteiger partial charge is 0.454 e. The van der Waals surface area contributed by atoms with E-state index in [-0.39, 0.29) is 18.9 Å². The molecule has 4 nitrogen and oxygen atoms in total. The van der Waals surface area contributed by atoms with Crippen LogP contribution in [0.15, 0.2) is 42.5 Å². The summed E-state index contributed by atoms with van der Waals surface area (Å²) in [6.07, 6.45) is -4.65. The molecule has 2 aromatic carbocycles. The van der Waals surface area contributed by atoms with Gasteiger partial charge in [0.05, 0.1) is 17.7 Å². The van der Waals surface area contributed by atoms with Gasteiger partial charge in [-0.1, -0.05) is 24.3 Å². The molecule has 1 aliphatic heterocycles. The lowest BCUT2D eigenvalue weighted by Crippen LogP contribution is -2.18. The molecule has 2 aromatic rings. The molecule has 23 heavy (non-hydrogen) atoms. The van der Waals surface area contributed by atoms with Gasteiger partial charge in [-0.3, -0.25) is 4.79 Å². The van der Waals surface area contributed by atoms with Gasteiger partial charge in [-0.05, 0) is 18.2 Å². The molecule has 0 radical (unpaired) electrons. The second-order valence-electron chi connectivity index (χ2n) is 4.92. The van der Waals surface area contributed by atoms with Crippen molar-refractivity contribution < 1.29 is 27.4 Å². The summed E-state index contributed by atoms with van der Waals surface area (Å²) < 4.78 is 49.2. The third-order valence-electron chi connectivity index (χ3n) is 3.34. The normalized spacial score (nSPS) is 13.0. The minimum atomic E-state index is -4.53. The van der Waals surface area contributed by atoms with E-state index in [0.29, 0.717) is 17.1 Å². The molecule has 120 valence electrons. The van der Waals surface area contributed by atoms with Gasteiger partial charge in [0.2, 0.25) is 12.7 Å². The minimum absolute atomic E-state index is 0.0604. The number of hydrogen-bond donors (Lipinski definition) is 1. The molecule has 0 aromatic heterocycles. The number of anilines is 1. The SMILES string of the molecule is O=C(Cc1cccc2c1OCO2)Nc1ccccc1C(F)(F)F. The number of ether oxygens (including phenoxy) is 2. The zero-order valence-corrected chi connectivity index (χ0v) is 11.8. The minimum Gasteiger partial charge on any atom is -0.454 e. The molecule has 1 aliphatic rings. The Hall–Kier alpha value is -2.70. The van der Waals surface area contributed by atoms with E-state index in [1.54, 1.807) is 18.2 Å². The predicted molar refractivity (Wildman–Crippen MR) is 76.3 cm³/mol. The van der Waals surface area contributed by atoms with E-state index in [1.165, 1.54) is 18.2 Å². The summed E-state index contributed by atoms with van der Waals surface area (Å²) in [5, 5.41) is 2.30. The van der Waals surface area contributed by atoms with Crippen molar-refractivity contribution >= 4 is 11.6 Å². The Kier molecular flexibility index (Phi) is 3.85. The van der Waals surface area contributed by atoms with Crippen LogP contribution in [-0.4, -0.2) is 12.7 Å². The number of carbonyl (C=O) groups excluding carboxylic acids is 1. The standard InChI is InChI=1S/C16H12F3NO3/c17-16(18,19)11-5-1-2-6-12(11)20-14(21)8-10-4-3-7-13-15(10)23-9-22-13/h1-7H,8-9H2,(H,20,21). The highest BCUT2D eigenvalue weighted by Gasteiger charge is 2.33. The van der Waals surface area contributed by atoms with Gasteiger partial charge in [0, 0.05) is 5.56 Å². The van der Waals surface area contributed by atoms with Gasteiger partial charge >= 0.3 is 6.18 Å². The molecule has 0 saturated carbocycles. The molecular weight excluding hydrogens is 311 g/mol. The van der Waals surface area contributed by atoms with E-state index >= 15 is 0 Å². The monoisotopic (exact) mass is 323 g/mol. The lowest BCUT2D eigenvalue weighted by Gasteiger charge is -2.13. The summed E-state index contributed by atoms with van der Waals surface area (Å²) in [5.41, 5.74) is -0.594. The van der Waals surface area contributed by atoms with E-state index in [4.69, 9.17) is 9.47 Å². The van der Waals surface area contributed by atoms with Crippen molar-refractivity contribution in [3.63, 3.8) is 0 Å².